The fourth-order valence-corrected chi connectivity index (χ4v) is 1.85. The van der Waals surface area contributed by atoms with Gasteiger partial charge >= 0.3 is 0 Å². The molecule has 0 spiro atoms. The Balaban J connectivity index is 0.000000690. The van der Waals surface area contributed by atoms with Crippen molar-refractivity contribution in [3.8, 4) is 0 Å². The van der Waals surface area contributed by atoms with E-state index >= 15 is 0 Å². The number of Topliss-reactive ketones (excluding diaryl/α,β-unsaturated/α-hetero) is 1. The first-order valence-electron chi connectivity index (χ1n) is 6.09. The Morgan fingerprint density at radius 2 is 1.52 bits per heavy atom. The zero-order valence-corrected chi connectivity index (χ0v) is 15.1. The minimum absolute atomic E-state index is 0.254. The molecule has 1 rings (SSSR count). The molecule has 0 atom stereocenters. The van der Waals surface area contributed by atoms with Crippen molar-refractivity contribution in [3.05, 3.63) is 33.4 Å². The van der Waals surface area contributed by atoms with Gasteiger partial charge < -0.3 is 4.48 Å². The Morgan fingerprint density at radius 1 is 1.10 bits per heavy atom. The molecule has 0 amide bonds. The summed E-state index contributed by atoms with van der Waals surface area (Å²) in [5, 5.41) is 0. The van der Waals surface area contributed by atoms with Crippen molar-refractivity contribution in [2.24, 2.45) is 0 Å². The molecule has 0 heterocycles. The number of carbonyl (C=O) groups excluding carboxylic acids is 1. The van der Waals surface area contributed by atoms with Gasteiger partial charge in [0.05, 0.1) is 27.7 Å². The molecule has 0 aromatic heterocycles. The largest absolute Gasteiger partial charge is 0.331 e. The van der Waals surface area contributed by atoms with E-state index in [2.05, 4.69) is 43.7 Å². The van der Waals surface area contributed by atoms with Crippen LogP contribution in [-0.2, 0) is 0 Å². The van der Waals surface area contributed by atoms with Gasteiger partial charge in [-0.25, -0.2) is 18.6 Å². The molecule has 0 fully saturated rings. The first kappa shape index (κ1) is 20.7. The van der Waals surface area contributed by atoms with E-state index in [-0.39, 0.29) is 5.78 Å². The number of quaternary nitrogens is 1. The predicted octanol–water partition coefficient (Wildman–Crippen LogP) is -1.80. The lowest BCUT2D eigenvalue weighted by Gasteiger charge is -2.23. The Hall–Kier alpha value is -0.290. The van der Waals surface area contributed by atoms with Crippen molar-refractivity contribution in [2.45, 2.75) is 12.8 Å². The molecule has 1 aromatic carbocycles. The summed E-state index contributed by atoms with van der Waals surface area (Å²) in [6.45, 7) is 1.04. The van der Waals surface area contributed by atoms with Crippen LogP contribution in [0.1, 0.15) is 23.2 Å². The highest BCUT2D eigenvalue weighted by Gasteiger charge is 2.10. The lowest BCUT2D eigenvalue weighted by atomic mass is 10.1. The molecule has 0 radical (unpaired) electrons. The molecule has 6 nitrogen and oxygen atoms in total. The van der Waals surface area contributed by atoms with Gasteiger partial charge in [0.25, 0.3) is 0 Å². The SMILES string of the molecule is C[N+](C)(C)CCCC(=O)c1ccc(I)cc1.[O-][Cl+3]([O-])([O-])[O-]. The number of nitrogens with zero attached hydrogens (tertiary/aromatic N) is 1. The quantitative estimate of drug-likeness (QED) is 0.311. The third-order valence-electron chi connectivity index (χ3n) is 2.40. The normalized spacial score (nSPS) is 11.6. The van der Waals surface area contributed by atoms with Gasteiger partial charge in [-0.3, -0.25) is 4.79 Å². The maximum Gasteiger partial charge on any atom is 0.163 e. The molecule has 0 saturated carbocycles. The van der Waals surface area contributed by atoms with Crippen LogP contribution in [0.2, 0.25) is 0 Å². The zero-order valence-electron chi connectivity index (χ0n) is 12.2. The molecular weight excluding hydrogens is 413 g/mol. The van der Waals surface area contributed by atoms with Crippen LogP contribution in [0.5, 0.6) is 0 Å². The van der Waals surface area contributed by atoms with E-state index in [1.54, 1.807) is 0 Å². The molecule has 1 aromatic rings. The molecular formula is C13H19ClINO5. The first-order chi connectivity index (χ1) is 9.38. The Labute approximate surface area is 140 Å². The number of hydrogen-bond acceptors (Lipinski definition) is 5. The molecule has 0 saturated heterocycles. The fraction of sp³-hybridized carbons (Fsp3) is 0.462. The molecule has 0 aliphatic carbocycles. The van der Waals surface area contributed by atoms with E-state index in [1.807, 2.05) is 24.3 Å². The highest BCUT2D eigenvalue weighted by atomic mass is 127. The van der Waals surface area contributed by atoms with Crippen LogP contribution in [0.15, 0.2) is 24.3 Å². The van der Waals surface area contributed by atoms with E-state index < -0.39 is 10.2 Å². The number of rotatable bonds is 5. The van der Waals surface area contributed by atoms with E-state index in [1.165, 1.54) is 3.57 Å². The standard InChI is InChI=1S/C13H19INO.ClHO4/c1-15(2,3)10-4-5-13(16)11-6-8-12(14)9-7-11;2-1(3,4)5/h6-9H,4-5,10H2,1-3H3;(H,2,3,4,5)/q+1;/p-1. The Bertz CT molecular complexity index is 433. The lowest BCUT2D eigenvalue weighted by Crippen LogP contribution is -2.68. The molecule has 0 aliphatic heterocycles. The highest BCUT2D eigenvalue weighted by Crippen LogP contribution is 2.10. The average Bonchev–Trinajstić information content (AvgIpc) is 2.25. The summed E-state index contributed by atoms with van der Waals surface area (Å²) in [7, 11) is 1.50. The topological polar surface area (TPSA) is 109 Å². The van der Waals surface area contributed by atoms with Crippen LogP contribution in [0.3, 0.4) is 0 Å². The molecule has 0 aliphatic rings. The average molecular weight is 432 g/mol. The summed E-state index contributed by atoms with van der Waals surface area (Å²) in [5.74, 6) is 0.254. The number of ketones is 1. The molecule has 0 N–H and O–H groups in total. The second-order valence-electron chi connectivity index (χ2n) is 5.43. The van der Waals surface area contributed by atoms with Crippen molar-refractivity contribution >= 4 is 28.4 Å². The number of carbonyl (C=O) groups is 1. The summed E-state index contributed by atoms with van der Waals surface area (Å²) in [5.41, 5.74) is 0.835. The predicted molar refractivity (Wildman–Crippen MR) is 75.6 cm³/mol. The second-order valence-corrected chi connectivity index (χ2v) is 7.43. The monoisotopic (exact) mass is 431 g/mol. The minimum Gasteiger partial charge on any atom is -0.331 e. The maximum atomic E-state index is 11.8. The Kier molecular flexibility index (Phi) is 8.86. The fourth-order valence-electron chi connectivity index (χ4n) is 1.49. The van der Waals surface area contributed by atoms with Gasteiger partial charge in [0, 0.05) is 22.0 Å². The van der Waals surface area contributed by atoms with Gasteiger partial charge in [-0.05, 0) is 34.7 Å². The molecule has 0 unspecified atom stereocenters. The van der Waals surface area contributed by atoms with Crippen LogP contribution < -0.4 is 18.6 Å². The van der Waals surface area contributed by atoms with Crippen molar-refractivity contribution in [2.75, 3.05) is 27.7 Å². The second kappa shape index (κ2) is 8.99. The van der Waals surface area contributed by atoms with Gasteiger partial charge in [0.15, 0.2) is 5.78 Å². The first-order valence-corrected chi connectivity index (χ1v) is 8.41. The number of halogens is 2. The molecule has 120 valence electrons. The minimum atomic E-state index is -4.94. The molecule has 8 heteroatoms. The summed E-state index contributed by atoms with van der Waals surface area (Å²) in [4.78, 5) is 11.8. The van der Waals surface area contributed by atoms with Gasteiger partial charge in [0.2, 0.25) is 0 Å². The van der Waals surface area contributed by atoms with Gasteiger partial charge in [-0.15, -0.1) is 10.2 Å². The third kappa shape index (κ3) is 14.4. The maximum absolute atomic E-state index is 11.8. The molecule has 21 heavy (non-hydrogen) atoms. The van der Waals surface area contributed by atoms with E-state index in [0.29, 0.717) is 6.42 Å². The van der Waals surface area contributed by atoms with Crippen molar-refractivity contribution in [1.82, 2.24) is 0 Å². The summed E-state index contributed by atoms with van der Waals surface area (Å²) < 4.78 is 36.1. The number of hydrogen-bond donors (Lipinski definition) is 0. The smallest absolute Gasteiger partial charge is 0.163 e. The van der Waals surface area contributed by atoms with Crippen LogP contribution in [0.4, 0.5) is 0 Å². The van der Waals surface area contributed by atoms with Crippen LogP contribution in [-0.4, -0.2) is 38.0 Å². The van der Waals surface area contributed by atoms with Crippen molar-refractivity contribution in [3.63, 3.8) is 0 Å². The zero-order chi connectivity index (χ0) is 16.7. The van der Waals surface area contributed by atoms with E-state index in [9.17, 15) is 4.79 Å². The van der Waals surface area contributed by atoms with Crippen molar-refractivity contribution < 1.29 is 38.2 Å². The van der Waals surface area contributed by atoms with Crippen LogP contribution >= 0.6 is 22.6 Å². The Morgan fingerprint density at radius 3 is 1.90 bits per heavy atom. The number of benzene rings is 1. The van der Waals surface area contributed by atoms with Gasteiger partial charge in [-0.2, -0.15) is 0 Å². The third-order valence-corrected chi connectivity index (χ3v) is 3.12. The molecule has 0 bridgehead atoms. The van der Waals surface area contributed by atoms with E-state index in [0.717, 1.165) is 23.0 Å². The van der Waals surface area contributed by atoms with E-state index in [4.69, 9.17) is 18.6 Å². The van der Waals surface area contributed by atoms with Gasteiger partial charge in [-0.1, -0.05) is 12.1 Å². The van der Waals surface area contributed by atoms with Crippen molar-refractivity contribution in [1.29, 1.82) is 0 Å². The lowest BCUT2D eigenvalue weighted by molar-refractivity contribution is -2.00. The summed E-state index contributed by atoms with van der Waals surface area (Å²) >= 11 is 2.25. The summed E-state index contributed by atoms with van der Waals surface area (Å²) in [6.07, 6.45) is 1.60. The van der Waals surface area contributed by atoms with Crippen LogP contribution in [0.25, 0.3) is 0 Å². The van der Waals surface area contributed by atoms with Crippen LogP contribution in [0, 0.1) is 13.8 Å². The highest BCUT2D eigenvalue weighted by molar-refractivity contribution is 14.1. The summed E-state index contributed by atoms with van der Waals surface area (Å²) in [6, 6.07) is 7.79. The van der Waals surface area contributed by atoms with Gasteiger partial charge in [0.1, 0.15) is 0 Å².